The van der Waals surface area contributed by atoms with Gasteiger partial charge in [0, 0.05) is 6.42 Å². The quantitative estimate of drug-likeness (QED) is 0.413. The van der Waals surface area contributed by atoms with Gasteiger partial charge in [-0.15, -0.1) is 11.8 Å². The van der Waals surface area contributed by atoms with Gasteiger partial charge in [-0.25, -0.2) is 0 Å². The Morgan fingerprint density at radius 3 is 2.60 bits per heavy atom. The smallest absolute Gasteiger partial charge is 0.00886 e. The van der Waals surface area contributed by atoms with Crippen LogP contribution in [0.25, 0.3) is 0 Å². The van der Waals surface area contributed by atoms with Crippen LogP contribution in [0.5, 0.6) is 0 Å². The van der Waals surface area contributed by atoms with E-state index in [0.717, 1.165) is 12.3 Å². The van der Waals surface area contributed by atoms with Crippen molar-refractivity contribution >= 4 is 0 Å². The second-order valence-corrected chi connectivity index (χ2v) is 2.83. The molecule has 0 aliphatic carbocycles. The molecular formula is C10H18. The Morgan fingerprint density at radius 1 is 1.40 bits per heavy atom. The van der Waals surface area contributed by atoms with Crippen molar-refractivity contribution in [1.82, 2.24) is 0 Å². The van der Waals surface area contributed by atoms with Gasteiger partial charge < -0.3 is 0 Å². The monoisotopic (exact) mass is 138 g/mol. The molecule has 0 aliphatic rings. The van der Waals surface area contributed by atoms with Crippen molar-refractivity contribution in [3.05, 3.63) is 0 Å². The molecule has 58 valence electrons. The molecule has 0 amide bonds. The molecule has 0 N–H and O–H groups in total. The minimum Gasteiger partial charge on any atom is -0.107 e. The van der Waals surface area contributed by atoms with E-state index in [-0.39, 0.29) is 0 Å². The largest absolute Gasteiger partial charge is 0.107 e. The fourth-order valence-corrected chi connectivity index (χ4v) is 0.868. The van der Waals surface area contributed by atoms with E-state index in [9.17, 15) is 0 Å². The van der Waals surface area contributed by atoms with Gasteiger partial charge >= 0.3 is 0 Å². The summed E-state index contributed by atoms with van der Waals surface area (Å²) in [6.07, 6.45) is 5.00. The average molecular weight is 138 g/mol. The van der Waals surface area contributed by atoms with Gasteiger partial charge in [-0.05, 0) is 25.7 Å². The molecular weight excluding hydrogens is 120 g/mol. The summed E-state index contributed by atoms with van der Waals surface area (Å²) < 4.78 is 0. The molecule has 0 aromatic rings. The summed E-state index contributed by atoms with van der Waals surface area (Å²) in [5, 5.41) is 0. The summed E-state index contributed by atoms with van der Waals surface area (Å²) in [7, 11) is 0. The second-order valence-electron chi connectivity index (χ2n) is 2.83. The maximum Gasteiger partial charge on any atom is 0.00886 e. The van der Waals surface area contributed by atoms with E-state index in [2.05, 4.69) is 25.7 Å². The molecule has 0 bridgehead atoms. The molecule has 0 aromatic carbocycles. The minimum atomic E-state index is 0.888. The van der Waals surface area contributed by atoms with Crippen molar-refractivity contribution in [3.63, 3.8) is 0 Å². The van der Waals surface area contributed by atoms with E-state index in [1.807, 2.05) is 6.92 Å². The van der Waals surface area contributed by atoms with Gasteiger partial charge in [-0.1, -0.05) is 20.3 Å². The van der Waals surface area contributed by atoms with Crippen LogP contribution in [0.1, 0.15) is 46.5 Å². The molecule has 0 nitrogen and oxygen atoms in total. The Hall–Kier alpha value is -0.440. The molecule has 10 heavy (non-hydrogen) atoms. The molecule has 0 heteroatoms. The molecule has 0 rings (SSSR count). The molecule has 0 fully saturated rings. The normalized spacial score (nSPS) is 11.9. The Balaban J connectivity index is 3.08. The summed E-state index contributed by atoms with van der Waals surface area (Å²) in [6.45, 7) is 6.46. The molecule has 0 saturated carbocycles. The summed E-state index contributed by atoms with van der Waals surface area (Å²) in [5.74, 6) is 6.87. The summed E-state index contributed by atoms with van der Waals surface area (Å²) in [4.78, 5) is 0. The average Bonchev–Trinajstić information content (AvgIpc) is 1.98. The van der Waals surface area contributed by atoms with E-state index in [1.165, 1.54) is 19.3 Å². The van der Waals surface area contributed by atoms with Crippen molar-refractivity contribution in [2.24, 2.45) is 5.92 Å². The first kappa shape index (κ1) is 9.56. The van der Waals surface area contributed by atoms with Crippen LogP contribution in [0.15, 0.2) is 0 Å². The lowest BCUT2D eigenvalue weighted by molar-refractivity contribution is 0.500. The first-order chi connectivity index (χ1) is 4.81. The van der Waals surface area contributed by atoms with Gasteiger partial charge in [-0.3, -0.25) is 0 Å². The third kappa shape index (κ3) is 5.69. The van der Waals surface area contributed by atoms with Crippen LogP contribution in [-0.4, -0.2) is 0 Å². The molecule has 0 radical (unpaired) electrons. The third-order valence-electron chi connectivity index (χ3n) is 1.87. The van der Waals surface area contributed by atoms with E-state index < -0.39 is 0 Å². The van der Waals surface area contributed by atoms with Gasteiger partial charge in [0.15, 0.2) is 0 Å². The zero-order valence-electron chi connectivity index (χ0n) is 7.41. The van der Waals surface area contributed by atoms with Crippen LogP contribution in [0.4, 0.5) is 0 Å². The van der Waals surface area contributed by atoms with Crippen molar-refractivity contribution in [1.29, 1.82) is 0 Å². The van der Waals surface area contributed by atoms with Crippen molar-refractivity contribution in [3.8, 4) is 11.8 Å². The SMILES string of the molecule is CC#CCCCC(C)CC. The zero-order chi connectivity index (χ0) is 7.82. The molecule has 0 aromatic heterocycles. The minimum absolute atomic E-state index is 0.888. The molecule has 0 spiro atoms. The van der Waals surface area contributed by atoms with E-state index in [1.54, 1.807) is 0 Å². The highest BCUT2D eigenvalue weighted by molar-refractivity contribution is 4.94. The molecule has 0 heterocycles. The highest BCUT2D eigenvalue weighted by atomic mass is 14.0. The van der Waals surface area contributed by atoms with Gasteiger partial charge in [0.25, 0.3) is 0 Å². The fraction of sp³-hybridized carbons (Fsp3) is 0.800. The van der Waals surface area contributed by atoms with Crippen LogP contribution in [-0.2, 0) is 0 Å². The van der Waals surface area contributed by atoms with Crippen molar-refractivity contribution in [2.75, 3.05) is 0 Å². The van der Waals surface area contributed by atoms with Crippen LogP contribution in [0, 0.1) is 17.8 Å². The van der Waals surface area contributed by atoms with Crippen LogP contribution in [0.2, 0.25) is 0 Å². The highest BCUT2D eigenvalue weighted by Gasteiger charge is 1.95. The number of hydrogen-bond donors (Lipinski definition) is 0. The molecule has 1 unspecified atom stereocenters. The first-order valence-electron chi connectivity index (χ1n) is 4.20. The standard InChI is InChI=1S/C10H18/c1-4-6-7-8-9-10(3)5-2/h10H,5,7-9H2,1-3H3. The van der Waals surface area contributed by atoms with Crippen LogP contribution < -0.4 is 0 Å². The van der Waals surface area contributed by atoms with Crippen molar-refractivity contribution in [2.45, 2.75) is 46.5 Å². The molecule has 1 atom stereocenters. The number of unbranched alkanes of at least 4 members (excludes halogenated alkanes) is 1. The maximum atomic E-state index is 3.08. The van der Waals surface area contributed by atoms with Gasteiger partial charge in [0.05, 0.1) is 0 Å². The number of hydrogen-bond acceptors (Lipinski definition) is 0. The maximum absolute atomic E-state index is 3.08. The summed E-state index contributed by atoms with van der Waals surface area (Å²) in [5.41, 5.74) is 0. The topological polar surface area (TPSA) is 0 Å². The van der Waals surface area contributed by atoms with E-state index in [4.69, 9.17) is 0 Å². The van der Waals surface area contributed by atoms with Gasteiger partial charge in [-0.2, -0.15) is 0 Å². The summed E-state index contributed by atoms with van der Waals surface area (Å²) in [6, 6.07) is 0. The van der Waals surface area contributed by atoms with Crippen molar-refractivity contribution < 1.29 is 0 Å². The van der Waals surface area contributed by atoms with E-state index in [0.29, 0.717) is 0 Å². The lowest BCUT2D eigenvalue weighted by Gasteiger charge is -2.04. The fourth-order valence-electron chi connectivity index (χ4n) is 0.868. The third-order valence-corrected chi connectivity index (χ3v) is 1.87. The lowest BCUT2D eigenvalue weighted by atomic mass is 10.0. The Bertz CT molecular complexity index is 114. The highest BCUT2D eigenvalue weighted by Crippen LogP contribution is 2.09. The lowest BCUT2D eigenvalue weighted by Crippen LogP contribution is -1.90. The number of rotatable bonds is 4. The van der Waals surface area contributed by atoms with Crippen LogP contribution >= 0.6 is 0 Å². The Kier molecular flexibility index (Phi) is 6.38. The van der Waals surface area contributed by atoms with Gasteiger partial charge in [0.1, 0.15) is 0 Å². The zero-order valence-corrected chi connectivity index (χ0v) is 7.41. The predicted octanol–water partition coefficient (Wildman–Crippen LogP) is 3.23. The van der Waals surface area contributed by atoms with E-state index >= 15 is 0 Å². The first-order valence-corrected chi connectivity index (χ1v) is 4.20. The van der Waals surface area contributed by atoms with Gasteiger partial charge in [0.2, 0.25) is 0 Å². The second kappa shape index (κ2) is 6.68. The van der Waals surface area contributed by atoms with Crippen LogP contribution in [0.3, 0.4) is 0 Å². The Labute approximate surface area is 65.0 Å². The predicted molar refractivity (Wildman–Crippen MR) is 46.8 cm³/mol. The Morgan fingerprint density at radius 2 is 2.10 bits per heavy atom. The molecule has 0 aliphatic heterocycles. The molecule has 0 saturated heterocycles. The summed E-state index contributed by atoms with van der Waals surface area (Å²) >= 11 is 0.